The number of imidazole rings is 1. The molecule has 1 aliphatic rings. The van der Waals surface area contributed by atoms with Gasteiger partial charge < -0.3 is 4.98 Å². The van der Waals surface area contributed by atoms with Crippen LogP contribution in [-0.4, -0.2) is 40.6 Å². The van der Waals surface area contributed by atoms with Gasteiger partial charge in [-0.05, 0) is 12.8 Å². The maximum absolute atomic E-state index is 12.0. The first-order chi connectivity index (χ1) is 7.10. The lowest BCUT2D eigenvalue weighted by atomic mass is 10.2. The molecular weight excluding hydrogens is 282 g/mol. The Kier molecular flexibility index (Phi) is 3.13. The van der Waals surface area contributed by atoms with Crippen molar-refractivity contribution in [1.82, 2.24) is 14.3 Å². The van der Waals surface area contributed by atoms with Gasteiger partial charge in [-0.2, -0.15) is 4.31 Å². The van der Waals surface area contributed by atoms with Crippen LogP contribution in [0.5, 0.6) is 0 Å². The fraction of sp³-hybridized carbons (Fsp3) is 0.625. The van der Waals surface area contributed by atoms with Gasteiger partial charge in [-0.3, -0.25) is 0 Å². The van der Waals surface area contributed by atoms with Crippen LogP contribution in [0.1, 0.15) is 12.8 Å². The molecule has 1 N–H and O–H groups in total. The van der Waals surface area contributed by atoms with Gasteiger partial charge >= 0.3 is 0 Å². The Balaban J connectivity index is 2.17. The van der Waals surface area contributed by atoms with Crippen molar-refractivity contribution in [2.24, 2.45) is 0 Å². The first-order valence-corrected chi connectivity index (χ1v) is 7.10. The summed E-state index contributed by atoms with van der Waals surface area (Å²) in [6, 6.07) is 0. The van der Waals surface area contributed by atoms with E-state index < -0.39 is 10.0 Å². The van der Waals surface area contributed by atoms with Crippen LogP contribution in [0.2, 0.25) is 0 Å². The first kappa shape index (κ1) is 11.1. The van der Waals surface area contributed by atoms with Gasteiger partial charge in [0, 0.05) is 30.3 Å². The molecule has 0 aromatic carbocycles. The smallest absolute Gasteiger partial charge is 0.276 e. The molecule has 1 fully saturated rings. The van der Waals surface area contributed by atoms with Gasteiger partial charge in [-0.1, -0.05) is 15.9 Å². The lowest BCUT2D eigenvalue weighted by molar-refractivity contribution is 0.352. The van der Waals surface area contributed by atoms with Crippen molar-refractivity contribution in [1.29, 1.82) is 0 Å². The van der Waals surface area contributed by atoms with E-state index in [0.29, 0.717) is 17.9 Å². The summed E-state index contributed by atoms with van der Waals surface area (Å²) in [7, 11) is -3.40. The van der Waals surface area contributed by atoms with Crippen LogP contribution in [0.4, 0.5) is 0 Å². The van der Waals surface area contributed by atoms with E-state index in [1.54, 1.807) is 0 Å². The molecule has 1 aliphatic heterocycles. The van der Waals surface area contributed by atoms with E-state index in [9.17, 15) is 8.42 Å². The Hall–Kier alpha value is -0.400. The highest BCUT2D eigenvalue weighted by Gasteiger charge is 2.29. The van der Waals surface area contributed by atoms with Crippen molar-refractivity contribution in [2.45, 2.75) is 22.8 Å². The molecule has 5 nitrogen and oxygen atoms in total. The average Bonchev–Trinajstić information content (AvgIpc) is 2.71. The molecule has 2 heterocycles. The fourth-order valence-electron chi connectivity index (χ4n) is 1.58. The zero-order valence-electron chi connectivity index (χ0n) is 8.06. The molecule has 2 rings (SSSR count). The third-order valence-corrected chi connectivity index (χ3v) is 5.11. The molecule has 0 atom stereocenters. The first-order valence-electron chi connectivity index (χ1n) is 4.74. The number of nitrogens with zero attached hydrogens (tertiary/aromatic N) is 2. The van der Waals surface area contributed by atoms with E-state index in [4.69, 9.17) is 0 Å². The second-order valence-corrected chi connectivity index (χ2v) is 6.62. The summed E-state index contributed by atoms with van der Waals surface area (Å²) in [5.41, 5.74) is 0. The minimum atomic E-state index is -3.40. The Bertz CT molecular complexity index is 409. The van der Waals surface area contributed by atoms with E-state index in [1.165, 1.54) is 16.7 Å². The summed E-state index contributed by atoms with van der Waals surface area (Å²) in [6.45, 7) is 1.11. The van der Waals surface area contributed by atoms with E-state index in [2.05, 4.69) is 25.9 Å². The van der Waals surface area contributed by atoms with E-state index >= 15 is 0 Å². The number of nitrogens with one attached hydrogen (secondary N) is 1. The fourth-order valence-corrected chi connectivity index (χ4v) is 3.34. The molecule has 0 unspecified atom stereocenters. The number of aromatic nitrogens is 2. The molecule has 0 radical (unpaired) electrons. The number of halogens is 1. The summed E-state index contributed by atoms with van der Waals surface area (Å²) >= 11 is 3.49. The van der Waals surface area contributed by atoms with E-state index in [1.807, 2.05) is 0 Å². The molecular formula is C8H12BrN3O2S. The molecule has 0 saturated carbocycles. The zero-order valence-corrected chi connectivity index (χ0v) is 10.5. The highest BCUT2D eigenvalue weighted by Crippen LogP contribution is 2.21. The number of H-pyrrole nitrogens is 1. The van der Waals surface area contributed by atoms with Crippen LogP contribution >= 0.6 is 15.9 Å². The van der Waals surface area contributed by atoms with Crippen molar-refractivity contribution < 1.29 is 8.42 Å². The summed E-state index contributed by atoms with van der Waals surface area (Å²) < 4.78 is 25.4. The summed E-state index contributed by atoms with van der Waals surface area (Å²) in [6.07, 6.45) is 4.66. The Labute approximate surface area is 97.1 Å². The number of hydrogen-bond donors (Lipinski definition) is 1. The van der Waals surface area contributed by atoms with Crippen LogP contribution in [-0.2, 0) is 10.0 Å². The largest absolute Gasteiger partial charge is 0.334 e. The quantitative estimate of drug-likeness (QED) is 0.826. The third kappa shape index (κ3) is 2.24. The third-order valence-electron chi connectivity index (χ3n) is 2.44. The second-order valence-electron chi connectivity index (χ2n) is 3.47. The molecule has 7 heteroatoms. The van der Waals surface area contributed by atoms with Crippen LogP contribution in [0, 0.1) is 0 Å². The molecule has 15 heavy (non-hydrogen) atoms. The topological polar surface area (TPSA) is 66.1 Å². The van der Waals surface area contributed by atoms with Gasteiger partial charge in [-0.15, -0.1) is 0 Å². The summed E-state index contributed by atoms with van der Waals surface area (Å²) in [4.78, 5) is 6.85. The molecule has 0 bridgehead atoms. The standard InChI is InChI=1S/C8H12BrN3O2S/c9-7-1-5-12(6-2-7)15(13,14)8-10-3-4-11-8/h3-4,7H,1-2,5-6H2,(H,10,11). The second kappa shape index (κ2) is 4.23. The number of piperidine rings is 1. The van der Waals surface area contributed by atoms with Gasteiger partial charge in [-0.25, -0.2) is 13.4 Å². The predicted octanol–water partition coefficient (Wildman–Crippen LogP) is 0.958. The lowest BCUT2D eigenvalue weighted by Crippen LogP contribution is -2.39. The van der Waals surface area contributed by atoms with Gasteiger partial charge in [0.2, 0.25) is 5.16 Å². The van der Waals surface area contributed by atoms with Crippen molar-refractivity contribution in [3.8, 4) is 0 Å². The number of hydrogen-bond acceptors (Lipinski definition) is 3. The van der Waals surface area contributed by atoms with Crippen LogP contribution < -0.4 is 0 Å². The minimum absolute atomic E-state index is 0.0375. The molecule has 0 amide bonds. The zero-order chi connectivity index (χ0) is 10.9. The normalized spacial score (nSPS) is 20.6. The molecule has 0 spiro atoms. The molecule has 1 aromatic heterocycles. The Morgan fingerprint density at radius 3 is 2.67 bits per heavy atom. The Morgan fingerprint density at radius 2 is 2.13 bits per heavy atom. The highest BCUT2D eigenvalue weighted by atomic mass is 79.9. The van der Waals surface area contributed by atoms with Gasteiger partial charge in [0.05, 0.1) is 0 Å². The van der Waals surface area contributed by atoms with Crippen LogP contribution in [0.3, 0.4) is 0 Å². The van der Waals surface area contributed by atoms with E-state index in [0.717, 1.165) is 12.8 Å². The number of alkyl halides is 1. The van der Waals surface area contributed by atoms with Gasteiger partial charge in [0.15, 0.2) is 0 Å². The molecule has 0 aliphatic carbocycles. The van der Waals surface area contributed by atoms with Gasteiger partial charge in [0.1, 0.15) is 0 Å². The minimum Gasteiger partial charge on any atom is -0.334 e. The maximum Gasteiger partial charge on any atom is 0.276 e. The SMILES string of the molecule is O=S(=O)(c1ncc[nH]1)N1CCC(Br)CC1. The number of rotatable bonds is 2. The van der Waals surface area contributed by atoms with Crippen LogP contribution in [0.25, 0.3) is 0 Å². The molecule has 84 valence electrons. The van der Waals surface area contributed by atoms with Crippen molar-refractivity contribution in [3.05, 3.63) is 12.4 Å². The summed E-state index contributed by atoms with van der Waals surface area (Å²) in [5, 5.41) is 0.0375. The number of aromatic amines is 1. The monoisotopic (exact) mass is 293 g/mol. The number of sulfonamides is 1. The average molecular weight is 294 g/mol. The van der Waals surface area contributed by atoms with Crippen molar-refractivity contribution in [3.63, 3.8) is 0 Å². The lowest BCUT2D eigenvalue weighted by Gasteiger charge is -2.27. The van der Waals surface area contributed by atoms with Crippen LogP contribution in [0.15, 0.2) is 17.6 Å². The maximum atomic E-state index is 12.0. The summed E-state index contributed by atoms with van der Waals surface area (Å²) in [5.74, 6) is 0. The van der Waals surface area contributed by atoms with Crippen molar-refractivity contribution in [2.75, 3.05) is 13.1 Å². The van der Waals surface area contributed by atoms with E-state index in [-0.39, 0.29) is 5.16 Å². The molecule has 1 saturated heterocycles. The highest BCUT2D eigenvalue weighted by molar-refractivity contribution is 9.09. The Morgan fingerprint density at radius 1 is 1.47 bits per heavy atom. The van der Waals surface area contributed by atoms with Crippen molar-refractivity contribution >= 4 is 26.0 Å². The molecule has 1 aromatic rings. The van der Waals surface area contributed by atoms with Gasteiger partial charge in [0.25, 0.3) is 10.0 Å². The predicted molar refractivity (Wildman–Crippen MR) is 59.3 cm³/mol.